The molecule has 0 saturated carbocycles. The molecular weight excluding hydrogens is 285 g/mol. The molecule has 2 N–H and O–H groups in total. The second-order valence-electron chi connectivity index (χ2n) is 4.95. The number of carboxylic acid groups (broad SMARTS) is 1. The lowest BCUT2D eigenvalue weighted by Gasteiger charge is -2.14. The predicted octanol–water partition coefficient (Wildman–Crippen LogP) is 2.18. The minimum atomic E-state index is -1.15. The van der Waals surface area contributed by atoms with Crippen molar-refractivity contribution in [1.29, 1.82) is 0 Å². The molecule has 2 rings (SSSR count). The van der Waals surface area contributed by atoms with Crippen molar-refractivity contribution < 1.29 is 19.1 Å². The Hall–Kier alpha value is -2.69. The van der Waals surface area contributed by atoms with E-state index in [0.717, 1.165) is 5.56 Å². The third-order valence-corrected chi connectivity index (χ3v) is 3.17. The molecule has 114 valence electrons. The maximum absolute atomic E-state index is 13.1. The summed E-state index contributed by atoms with van der Waals surface area (Å²) in [4.78, 5) is 23.2. The number of carbonyl (C=O) groups is 2. The second kappa shape index (κ2) is 7.36. The minimum absolute atomic E-state index is 0.0353. The zero-order valence-corrected chi connectivity index (χ0v) is 11.8. The number of aliphatic carboxylic acids is 1. The van der Waals surface area contributed by atoms with Crippen LogP contribution in [-0.4, -0.2) is 23.0 Å². The van der Waals surface area contributed by atoms with Crippen molar-refractivity contribution in [2.24, 2.45) is 0 Å². The van der Waals surface area contributed by atoms with Crippen LogP contribution in [0.3, 0.4) is 0 Å². The Labute approximate surface area is 127 Å². The Morgan fingerprint density at radius 2 is 1.73 bits per heavy atom. The molecule has 0 aliphatic carbocycles. The topological polar surface area (TPSA) is 66.4 Å². The maximum atomic E-state index is 13.1. The van der Waals surface area contributed by atoms with Crippen LogP contribution in [0, 0.1) is 5.82 Å². The predicted molar refractivity (Wildman–Crippen MR) is 79.8 cm³/mol. The molecule has 22 heavy (non-hydrogen) atoms. The van der Waals surface area contributed by atoms with Gasteiger partial charge in [0.05, 0.1) is 6.42 Å². The van der Waals surface area contributed by atoms with E-state index < -0.39 is 17.8 Å². The maximum Gasteiger partial charge on any atom is 0.326 e. The van der Waals surface area contributed by atoms with Crippen LogP contribution >= 0.6 is 0 Å². The third-order valence-electron chi connectivity index (χ3n) is 3.17. The summed E-state index contributed by atoms with van der Waals surface area (Å²) < 4.78 is 13.1. The van der Waals surface area contributed by atoms with Gasteiger partial charge in [-0.15, -0.1) is 0 Å². The van der Waals surface area contributed by atoms with Gasteiger partial charge in [0.1, 0.15) is 11.9 Å². The lowest BCUT2D eigenvalue weighted by Crippen LogP contribution is -2.43. The summed E-state index contributed by atoms with van der Waals surface area (Å²) in [5, 5.41) is 11.7. The monoisotopic (exact) mass is 301 g/mol. The van der Waals surface area contributed by atoms with Gasteiger partial charge in [-0.25, -0.2) is 9.18 Å². The van der Waals surface area contributed by atoms with E-state index in [4.69, 9.17) is 0 Å². The summed E-state index contributed by atoms with van der Waals surface area (Å²) in [7, 11) is 0. The molecule has 1 atom stereocenters. The minimum Gasteiger partial charge on any atom is -0.480 e. The molecule has 0 spiro atoms. The molecule has 0 saturated heterocycles. The number of nitrogens with one attached hydrogen (secondary N) is 1. The van der Waals surface area contributed by atoms with E-state index in [9.17, 15) is 19.1 Å². The van der Waals surface area contributed by atoms with Gasteiger partial charge in [-0.05, 0) is 23.3 Å². The molecule has 0 radical (unpaired) electrons. The van der Waals surface area contributed by atoms with Crippen LogP contribution in [0.15, 0.2) is 54.6 Å². The highest BCUT2D eigenvalue weighted by molar-refractivity contribution is 5.85. The molecule has 2 aromatic carbocycles. The Morgan fingerprint density at radius 1 is 1.05 bits per heavy atom. The van der Waals surface area contributed by atoms with Crippen molar-refractivity contribution in [2.75, 3.05) is 0 Å². The van der Waals surface area contributed by atoms with Crippen LogP contribution in [0.5, 0.6) is 0 Å². The average molecular weight is 301 g/mol. The normalized spacial score (nSPS) is 11.7. The lowest BCUT2D eigenvalue weighted by atomic mass is 10.1. The Balaban J connectivity index is 1.99. The second-order valence-corrected chi connectivity index (χ2v) is 4.95. The summed E-state index contributed by atoms with van der Waals surface area (Å²) in [5.41, 5.74) is 1.32. The molecule has 0 fully saturated rings. The van der Waals surface area contributed by atoms with Crippen molar-refractivity contribution in [1.82, 2.24) is 5.32 Å². The standard InChI is InChI=1S/C17H16FNO3/c18-14-8-4-7-13(9-14)10-15(17(21)22)19-16(20)11-12-5-2-1-3-6-12/h1-9,15H,10-11H2,(H,19,20)(H,21,22)/t15-/m1/s1. The fourth-order valence-corrected chi connectivity index (χ4v) is 2.13. The van der Waals surface area contributed by atoms with Crippen molar-refractivity contribution in [2.45, 2.75) is 18.9 Å². The number of halogens is 1. The molecule has 0 aliphatic rings. The first-order chi connectivity index (χ1) is 10.5. The molecule has 1 amide bonds. The van der Waals surface area contributed by atoms with Crippen LogP contribution in [0.4, 0.5) is 4.39 Å². The number of hydrogen-bond donors (Lipinski definition) is 2. The SMILES string of the molecule is O=C(Cc1ccccc1)N[C@H](Cc1cccc(F)c1)C(=O)O. The third kappa shape index (κ3) is 4.70. The van der Waals surface area contributed by atoms with Gasteiger partial charge in [0.25, 0.3) is 0 Å². The summed E-state index contributed by atoms with van der Waals surface area (Å²) in [6.45, 7) is 0. The van der Waals surface area contributed by atoms with Gasteiger partial charge < -0.3 is 10.4 Å². The first-order valence-electron chi connectivity index (χ1n) is 6.85. The molecule has 2 aromatic rings. The molecule has 0 heterocycles. The van der Waals surface area contributed by atoms with Gasteiger partial charge in [0.15, 0.2) is 0 Å². The number of hydrogen-bond acceptors (Lipinski definition) is 2. The fourth-order valence-electron chi connectivity index (χ4n) is 2.13. The van der Waals surface area contributed by atoms with Crippen molar-refractivity contribution in [3.63, 3.8) is 0 Å². The quantitative estimate of drug-likeness (QED) is 0.859. The smallest absolute Gasteiger partial charge is 0.326 e. The van der Waals surface area contributed by atoms with Crippen LogP contribution in [0.2, 0.25) is 0 Å². The highest BCUT2D eigenvalue weighted by Crippen LogP contribution is 2.07. The Bertz CT molecular complexity index is 658. The lowest BCUT2D eigenvalue weighted by molar-refractivity contribution is -0.141. The van der Waals surface area contributed by atoms with E-state index in [0.29, 0.717) is 5.56 Å². The summed E-state index contributed by atoms with van der Waals surface area (Å²) in [6, 6.07) is 13.6. The van der Waals surface area contributed by atoms with Crippen LogP contribution in [0.1, 0.15) is 11.1 Å². The van der Waals surface area contributed by atoms with Crippen molar-refractivity contribution >= 4 is 11.9 Å². The highest BCUT2D eigenvalue weighted by atomic mass is 19.1. The van der Waals surface area contributed by atoms with Gasteiger partial charge in [-0.3, -0.25) is 4.79 Å². The molecule has 5 heteroatoms. The summed E-state index contributed by atoms with van der Waals surface area (Å²) >= 11 is 0. The van der Waals surface area contributed by atoms with Gasteiger partial charge in [0.2, 0.25) is 5.91 Å². The first-order valence-corrected chi connectivity index (χ1v) is 6.85. The van der Waals surface area contributed by atoms with Crippen molar-refractivity contribution in [3.05, 3.63) is 71.5 Å². The molecule has 0 aliphatic heterocycles. The summed E-state index contributed by atoms with van der Waals surface area (Å²) in [6.07, 6.45) is 0.140. The van der Waals surface area contributed by atoms with Gasteiger partial charge in [-0.2, -0.15) is 0 Å². The highest BCUT2D eigenvalue weighted by Gasteiger charge is 2.20. The number of benzene rings is 2. The number of carbonyl (C=O) groups excluding carboxylic acids is 1. The molecular formula is C17H16FNO3. The molecule has 0 unspecified atom stereocenters. The Morgan fingerprint density at radius 3 is 2.36 bits per heavy atom. The van der Waals surface area contributed by atoms with E-state index >= 15 is 0 Å². The summed E-state index contributed by atoms with van der Waals surface area (Å²) in [5.74, 6) is -1.96. The van der Waals surface area contributed by atoms with Gasteiger partial charge in [0, 0.05) is 6.42 Å². The molecule has 0 bridgehead atoms. The number of rotatable bonds is 6. The zero-order valence-electron chi connectivity index (χ0n) is 11.8. The van der Waals surface area contributed by atoms with Gasteiger partial charge in [-0.1, -0.05) is 42.5 Å². The fraction of sp³-hybridized carbons (Fsp3) is 0.176. The van der Waals surface area contributed by atoms with Crippen molar-refractivity contribution in [3.8, 4) is 0 Å². The molecule has 4 nitrogen and oxygen atoms in total. The van der Waals surface area contributed by atoms with E-state index in [1.54, 1.807) is 18.2 Å². The average Bonchev–Trinajstić information content (AvgIpc) is 2.47. The van der Waals surface area contributed by atoms with E-state index in [-0.39, 0.29) is 18.7 Å². The Kier molecular flexibility index (Phi) is 5.25. The number of amides is 1. The van der Waals surface area contributed by atoms with E-state index in [2.05, 4.69) is 5.32 Å². The number of carboxylic acids is 1. The van der Waals surface area contributed by atoms with Crippen LogP contribution in [-0.2, 0) is 22.4 Å². The van der Waals surface area contributed by atoms with Gasteiger partial charge >= 0.3 is 5.97 Å². The van der Waals surface area contributed by atoms with E-state index in [1.165, 1.54) is 18.2 Å². The molecule has 0 aromatic heterocycles. The first kappa shape index (κ1) is 15.7. The largest absolute Gasteiger partial charge is 0.480 e. The van der Waals surface area contributed by atoms with E-state index in [1.807, 2.05) is 18.2 Å². The zero-order chi connectivity index (χ0) is 15.9. The van der Waals surface area contributed by atoms with Crippen LogP contribution in [0.25, 0.3) is 0 Å². The van der Waals surface area contributed by atoms with Crippen LogP contribution < -0.4 is 5.32 Å².